The van der Waals surface area contributed by atoms with E-state index in [0.29, 0.717) is 12.6 Å². The van der Waals surface area contributed by atoms with Crippen molar-refractivity contribution in [2.45, 2.75) is 51.2 Å². The lowest BCUT2D eigenvalue weighted by molar-refractivity contribution is -0.0272. The van der Waals surface area contributed by atoms with Crippen molar-refractivity contribution in [2.24, 2.45) is 5.73 Å². The number of aryl methyl sites for hydroxylation is 1. The highest BCUT2D eigenvalue weighted by Gasteiger charge is 2.19. The molecule has 1 fully saturated rings. The van der Waals surface area contributed by atoms with Crippen LogP contribution >= 0.6 is 0 Å². The maximum absolute atomic E-state index is 6.06. The Morgan fingerprint density at radius 1 is 1.29 bits per heavy atom. The molecular weight excluding hydrogens is 214 g/mol. The van der Waals surface area contributed by atoms with E-state index < -0.39 is 0 Å². The van der Waals surface area contributed by atoms with Gasteiger partial charge in [-0.05, 0) is 19.8 Å². The molecule has 1 aromatic rings. The van der Waals surface area contributed by atoms with Crippen LogP contribution in [0, 0.1) is 6.92 Å². The fourth-order valence-electron chi connectivity index (χ4n) is 2.27. The predicted octanol–water partition coefficient (Wildman–Crippen LogP) is 2.13. The SMILES string of the molecule is Cc1ncc(C(CN)OC2CCCCC2)cn1. The number of nitrogens with two attached hydrogens (primary N) is 1. The first-order chi connectivity index (χ1) is 8.29. The summed E-state index contributed by atoms with van der Waals surface area (Å²) in [6, 6.07) is 0. The summed E-state index contributed by atoms with van der Waals surface area (Å²) in [4.78, 5) is 8.39. The van der Waals surface area contributed by atoms with E-state index in [2.05, 4.69) is 9.97 Å². The molecule has 1 saturated carbocycles. The van der Waals surface area contributed by atoms with Gasteiger partial charge in [0.05, 0.1) is 12.2 Å². The smallest absolute Gasteiger partial charge is 0.125 e. The van der Waals surface area contributed by atoms with Gasteiger partial charge in [-0.3, -0.25) is 0 Å². The summed E-state index contributed by atoms with van der Waals surface area (Å²) in [5.41, 5.74) is 6.77. The minimum atomic E-state index is -0.0568. The van der Waals surface area contributed by atoms with Crippen molar-refractivity contribution in [3.05, 3.63) is 23.8 Å². The van der Waals surface area contributed by atoms with Gasteiger partial charge in [0.25, 0.3) is 0 Å². The Bertz CT molecular complexity index is 333. The molecule has 0 aromatic carbocycles. The first-order valence-corrected chi connectivity index (χ1v) is 6.43. The Hall–Kier alpha value is -1.00. The molecule has 1 atom stereocenters. The first kappa shape index (κ1) is 12.5. The quantitative estimate of drug-likeness (QED) is 0.868. The van der Waals surface area contributed by atoms with E-state index in [-0.39, 0.29) is 6.10 Å². The Labute approximate surface area is 103 Å². The minimum absolute atomic E-state index is 0.0568. The first-order valence-electron chi connectivity index (χ1n) is 6.43. The van der Waals surface area contributed by atoms with Crippen molar-refractivity contribution < 1.29 is 4.74 Å². The largest absolute Gasteiger partial charge is 0.369 e. The highest BCUT2D eigenvalue weighted by Crippen LogP contribution is 2.25. The van der Waals surface area contributed by atoms with Gasteiger partial charge in [0.1, 0.15) is 5.82 Å². The second kappa shape index (κ2) is 6.07. The highest BCUT2D eigenvalue weighted by molar-refractivity contribution is 5.09. The average Bonchev–Trinajstić information content (AvgIpc) is 2.38. The zero-order valence-corrected chi connectivity index (χ0v) is 10.4. The van der Waals surface area contributed by atoms with E-state index in [4.69, 9.17) is 10.5 Å². The Morgan fingerprint density at radius 2 is 1.94 bits per heavy atom. The molecular formula is C13H21N3O. The lowest BCUT2D eigenvalue weighted by Crippen LogP contribution is -2.24. The number of hydrogen-bond acceptors (Lipinski definition) is 4. The van der Waals surface area contributed by atoms with Crippen LogP contribution in [0.15, 0.2) is 12.4 Å². The molecule has 4 heteroatoms. The second-order valence-electron chi connectivity index (χ2n) is 4.68. The van der Waals surface area contributed by atoms with Gasteiger partial charge in [0.15, 0.2) is 0 Å². The minimum Gasteiger partial charge on any atom is -0.369 e. The molecule has 0 aliphatic heterocycles. The van der Waals surface area contributed by atoms with Gasteiger partial charge in [-0.1, -0.05) is 19.3 Å². The van der Waals surface area contributed by atoms with Crippen LogP contribution in [-0.4, -0.2) is 22.6 Å². The standard InChI is InChI=1S/C13H21N3O/c1-10-15-8-11(9-16-10)13(7-14)17-12-5-3-2-4-6-12/h8-9,12-13H,2-7,14H2,1H3. The fraction of sp³-hybridized carbons (Fsp3) is 0.692. The summed E-state index contributed by atoms with van der Waals surface area (Å²) in [5, 5.41) is 0. The second-order valence-corrected chi connectivity index (χ2v) is 4.68. The molecule has 94 valence electrons. The summed E-state index contributed by atoms with van der Waals surface area (Å²) < 4.78 is 6.06. The molecule has 4 nitrogen and oxygen atoms in total. The average molecular weight is 235 g/mol. The van der Waals surface area contributed by atoms with Gasteiger partial charge in [-0.15, -0.1) is 0 Å². The normalized spacial score (nSPS) is 19.2. The fourth-order valence-corrected chi connectivity index (χ4v) is 2.27. The van der Waals surface area contributed by atoms with Crippen LogP contribution in [0.3, 0.4) is 0 Å². The van der Waals surface area contributed by atoms with Gasteiger partial charge >= 0.3 is 0 Å². The molecule has 1 aliphatic carbocycles. The third kappa shape index (κ3) is 3.48. The monoisotopic (exact) mass is 235 g/mol. The lowest BCUT2D eigenvalue weighted by Gasteiger charge is -2.26. The lowest BCUT2D eigenvalue weighted by atomic mass is 9.97. The Balaban J connectivity index is 1.97. The summed E-state index contributed by atoms with van der Waals surface area (Å²) in [5.74, 6) is 0.780. The van der Waals surface area contributed by atoms with Gasteiger partial charge in [-0.25, -0.2) is 9.97 Å². The molecule has 0 amide bonds. The third-order valence-electron chi connectivity index (χ3n) is 3.30. The van der Waals surface area contributed by atoms with Crippen LogP contribution < -0.4 is 5.73 Å². The molecule has 2 rings (SSSR count). The molecule has 2 N–H and O–H groups in total. The molecule has 0 saturated heterocycles. The van der Waals surface area contributed by atoms with Crippen molar-refractivity contribution in [1.82, 2.24) is 9.97 Å². The van der Waals surface area contributed by atoms with E-state index in [9.17, 15) is 0 Å². The van der Waals surface area contributed by atoms with Crippen molar-refractivity contribution >= 4 is 0 Å². The van der Waals surface area contributed by atoms with Crippen molar-refractivity contribution in [3.63, 3.8) is 0 Å². The zero-order chi connectivity index (χ0) is 12.1. The predicted molar refractivity (Wildman–Crippen MR) is 66.5 cm³/mol. The van der Waals surface area contributed by atoms with Crippen molar-refractivity contribution in [2.75, 3.05) is 6.54 Å². The van der Waals surface area contributed by atoms with Crippen LogP contribution in [-0.2, 0) is 4.74 Å². The number of hydrogen-bond donors (Lipinski definition) is 1. The van der Waals surface area contributed by atoms with Crippen LogP contribution in [0.25, 0.3) is 0 Å². The van der Waals surface area contributed by atoms with Crippen LogP contribution in [0.1, 0.15) is 49.6 Å². The highest BCUT2D eigenvalue weighted by atomic mass is 16.5. The van der Waals surface area contributed by atoms with Crippen LogP contribution in [0.2, 0.25) is 0 Å². The number of aromatic nitrogens is 2. The van der Waals surface area contributed by atoms with E-state index in [1.165, 1.54) is 19.3 Å². The van der Waals surface area contributed by atoms with E-state index in [0.717, 1.165) is 24.2 Å². The topological polar surface area (TPSA) is 61.0 Å². The van der Waals surface area contributed by atoms with Crippen molar-refractivity contribution in [1.29, 1.82) is 0 Å². The molecule has 0 bridgehead atoms. The summed E-state index contributed by atoms with van der Waals surface area (Å²) in [6.07, 6.45) is 10.1. The molecule has 0 spiro atoms. The van der Waals surface area contributed by atoms with Crippen LogP contribution in [0.4, 0.5) is 0 Å². The zero-order valence-electron chi connectivity index (χ0n) is 10.4. The molecule has 1 aromatic heterocycles. The van der Waals surface area contributed by atoms with Gasteiger partial charge < -0.3 is 10.5 Å². The summed E-state index contributed by atoms with van der Waals surface area (Å²) >= 11 is 0. The van der Waals surface area contributed by atoms with Gasteiger partial charge in [0, 0.05) is 24.5 Å². The molecule has 17 heavy (non-hydrogen) atoms. The molecule has 1 aliphatic rings. The number of ether oxygens (including phenoxy) is 1. The molecule has 1 heterocycles. The molecule has 0 radical (unpaired) electrons. The molecule has 1 unspecified atom stereocenters. The summed E-state index contributed by atoms with van der Waals surface area (Å²) in [6.45, 7) is 2.37. The van der Waals surface area contributed by atoms with Crippen LogP contribution in [0.5, 0.6) is 0 Å². The number of rotatable bonds is 4. The van der Waals surface area contributed by atoms with E-state index in [1.807, 2.05) is 19.3 Å². The maximum atomic E-state index is 6.06. The Kier molecular flexibility index (Phi) is 4.45. The van der Waals surface area contributed by atoms with E-state index >= 15 is 0 Å². The van der Waals surface area contributed by atoms with E-state index in [1.54, 1.807) is 0 Å². The maximum Gasteiger partial charge on any atom is 0.125 e. The Morgan fingerprint density at radius 3 is 2.53 bits per heavy atom. The number of nitrogens with zero attached hydrogens (tertiary/aromatic N) is 2. The van der Waals surface area contributed by atoms with Crippen molar-refractivity contribution in [3.8, 4) is 0 Å². The summed E-state index contributed by atoms with van der Waals surface area (Å²) in [7, 11) is 0. The van der Waals surface area contributed by atoms with Gasteiger partial charge in [0.2, 0.25) is 0 Å². The van der Waals surface area contributed by atoms with Gasteiger partial charge in [-0.2, -0.15) is 0 Å². The third-order valence-corrected chi connectivity index (χ3v) is 3.30.